The highest BCUT2D eigenvalue weighted by atomic mass is 35.5. The van der Waals surface area contributed by atoms with E-state index in [1.165, 1.54) is 16.8 Å². The number of nitrogens with zero attached hydrogens (tertiary/aromatic N) is 1. The molecule has 2 aromatic carbocycles. The Morgan fingerprint density at radius 3 is 2.57 bits per heavy atom. The summed E-state index contributed by atoms with van der Waals surface area (Å²) in [5.41, 5.74) is 10.3. The molecule has 0 amide bonds. The largest absolute Gasteiger partial charge is 0.366 e. The molecule has 3 rings (SSSR count). The van der Waals surface area contributed by atoms with Crippen LogP contribution in [0.4, 0.5) is 5.69 Å². The molecule has 0 saturated carbocycles. The minimum atomic E-state index is 0.117. The van der Waals surface area contributed by atoms with Crippen LogP contribution in [0.5, 0.6) is 0 Å². The van der Waals surface area contributed by atoms with Gasteiger partial charge >= 0.3 is 0 Å². The third-order valence-electron chi connectivity index (χ3n) is 4.29. The standard InChI is InChI=1S/C18H21ClN2/c1-13(20)18(12-14-6-8-16(19)9-7-14)21-11-10-15-4-2-3-5-17(15)21/h2-9,13,18H,10-12,20H2,1H3. The second-order valence-electron chi connectivity index (χ2n) is 5.83. The molecule has 3 heteroatoms. The predicted octanol–water partition coefficient (Wildman–Crippen LogP) is 3.66. The van der Waals surface area contributed by atoms with Gasteiger partial charge in [0.15, 0.2) is 0 Å². The van der Waals surface area contributed by atoms with Crippen LogP contribution in [0.1, 0.15) is 18.1 Å². The molecule has 0 aromatic heterocycles. The third kappa shape index (κ3) is 3.07. The molecule has 110 valence electrons. The second kappa shape index (κ2) is 6.08. The van der Waals surface area contributed by atoms with Gasteiger partial charge in [-0.2, -0.15) is 0 Å². The lowest BCUT2D eigenvalue weighted by molar-refractivity contribution is 0.516. The van der Waals surface area contributed by atoms with Crippen molar-refractivity contribution < 1.29 is 0 Å². The highest BCUT2D eigenvalue weighted by Gasteiger charge is 2.28. The van der Waals surface area contributed by atoms with Crippen LogP contribution in [0.25, 0.3) is 0 Å². The number of fused-ring (bicyclic) bond motifs is 1. The summed E-state index contributed by atoms with van der Waals surface area (Å²) in [6.45, 7) is 3.15. The molecule has 0 saturated heterocycles. The van der Waals surface area contributed by atoms with Crippen molar-refractivity contribution in [2.24, 2.45) is 5.73 Å². The summed E-state index contributed by atoms with van der Waals surface area (Å²) in [6, 6.07) is 17.2. The van der Waals surface area contributed by atoms with Crippen molar-refractivity contribution in [3.05, 3.63) is 64.7 Å². The quantitative estimate of drug-likeness (QED) is 0.933. The third-order valence-corrected chi connectivity index (χ3v) is 4.54. The van der Waals surface area contributed by atoms with Crippen molar-refractivity contribution >= 4 is 17.3 Å². The minimum Gasteiger partial charge on any atom is -0.366 e. The van der Waals surface area contributed by atoms with Crippen LogP contribution in [0.2, 0.25) is 5.02 Å². The average molecular weight is 301 g/mol. The van der Waals surface area contributed by atoms with Crippen LogP contribution < -0.4 is 10.6 Å². The summed E-state index contributed by atoms with van der Waals surface area (Å²) in [4.78, 5) is 2.47. The number of anilines is 1. The molecule has 1 aliphatic rings. The second-order valence-corrected chi connectivity index (χ2v) is 6.27. The zero-order valence-electron chi connectivity index (χ0n) is 12.3. The summed E-state index contributed by atoms with van der Waals surface area (Å²) in [7, 11) is 0. The molecule has 0 fully saturated rings. The Balaban J connectivity index is 1.84. The van der Waals surface area contributed by atoms with E-state index in [-0.39, 0.29) is 6.04 Å². The van der Waals surface area contributed by atoms with E-state index in [9.17, 15) is 0 Å². The number of para-hydroxylation sites is 1. The van der Waals surface area contributed by atoms with Gasteiger partial charge in [0.05, 0.1) is 0 Å². The maximum atomic E-state index is 6.28. The minimum absolute atomic E-state index is 0.117. The Labute approximate surface area is 131 Å². The fraction of sp³-hybridized carbons (Fsp3) is 0.333. The number of hydrogen-bond donors (Lipinski definition) is 1. The topological polar surface area (TPSA) is 29.3 Å². The molecule has 2 N–H and O–H groups in total. The van der Waals surface area contributed by atoms with Gasteiger partial charge in [-0.05, 0) is 49.1 Å². The van der Waals surface area contributed by atoms with E-state index in [1.807, 2.05) is 12.1 Å². The lowest BCUT2D eigenvalue weighted by Gasteiger charge is -2.33. The Bertz CT molecular complexity index is 607. The molecule has 1 heterocycles. The van der Waals surface area contributed by atoms with Crippen LogP contribution in [-0.2, 0) is 12.8 Å². The molecule has 0 radical (unpaired) electrons. The van der Waals surface area contributed by atoms with Gasteiger partial charge in [-0.15, -0.1) is 0 Å². The van der Waals surface area contributed by atoms with E-state index >= 15 is 0 Å². The molecule has 2 unspecified atom stereocenters. The van der Waals surface area contributed by atoms with Crippen LogP contribution in [0, 0.1) is 0 Å². The maximum absolute atomic E-state index is 6.28. The lowest BCUT2D eigenvalue weighted by atomic mass is 9.99. The molecule has 0 spiro atoms. The van der Waals surface area contributed by atoms with Crippen LogP contribution in [-0.4, -0.2) is 18.6 Å². The number of hydrogen-bond acceptors (Lipinski definition) is 2. The van der Waals surface area contributed by atoms with E-state index in [0.29, 0.717) is 6.04 Å². The zero-order valence-corrected chi connectivity index (χ0v) is 13.1. The summed E-state index contributed by atoms with van der Waals surface area (Å²) in [5.74, 6) is 0. The van der Waals surface area contributed by atoms with E-state index in [1.54, 1.807) is 0 Å². The van der Waals surface area contributed by atoms with Crippen LogP contribution in [0.3, 0.4) is 0 Å². The number of rotatable bonds is 4. The predicted molar refractivity (Wildman–Crippen MR) is 90.1 cm³/mol. The first kappa shape index (κ1) is 14.4. The van der Waals surface area contributed by atoms with Gasteiger partial charge < -0.3 is 10.6 Å². The fourth-order valence-electron chi connectivity index (χ4n) is 3.15. The first-order valence-electron chi connectivity index (χ1n) is 7.50. The van der Waals surface area contributed by atoms with Crippen molar-refractivity contribution in [2.75, 3.05) is 11.4 Å². The monoisotopic (exact) mass is 300 g/mol. The van der Waals surface area contributed by atoms with Crippen molar-refractivity contribution in [1.82, 2.24) is 0 Å². The first-order valence-corrected chi connectivity index (χ1v) is 7.87. The van der Waals surface area contributed by atoms with Gasteiger partial charge in [0.1, 0.15) is 0 Å². The van der Waals surface area contributed by atoms with Crippen molar-refractivity contribution in [3.63, 3.8) is 0 Å². The van der Waals surface area contributed by atoms with Crippen molar-refractivity contribution in [1.29, 1.82) is 0 Å². The van der Waals surface area contributed by atoms with Gasteiger partial charge in [-0.3, -0.25) is 0 Å². The Morgan fingerprint density at radius 1 is 1.14 bits per heavy atom. The molecule has 0 aliphatic carbocycles. The highest BCUT2D eigenvalue weighted by molar-refractivity contribution is 6.30. The zero-order chi connectivity index (χ0) is 14.8. The average Bonchev–Trinajstić information content (AvgIpc) is 2.90. The summed E-state index contributed by atoms with van der Waals surface area (Å²) in [5, 5.41) is 0.780. The van der Waals surface area contributed by atoms with E-state index < -0.39 is 0 Å². The van der Waals surface area contributed by atoms with Gasteiger partial charge in [-0.25, -0.2) is 0 Å². The Hall–Kier alpha value is -1.51. The number of halogens is 1. The molecule has 21 heavy (non-hydrogen) atoms. The van der Waals surface area contributed by atoms with Gasteiger partial charge in [-0.1, -0.05) is 41.9 Å². The molecule has 0 bridgehead atoms. The van der Waals surface area contributed by atoms with Crippen molar-refractivity contribution in [2.45, 2.75) is 31.8 Å². The Kier molecular flexibility index (Phi) is 4.18. The fourth-order valence-corrected chi connectivity index (χ4v) is 3.28. The molecular formula is C18H21ClN2. The molecule has 2 atom stereocenters. The molecule has 2 aromatic rings. The Morgan fingerprint density at radius 2 is 1.86 bits per heavy atom. The summed E-state index contributed by atoms with van der Waals surface area (Å²) >= 11 is 5.97. The summed E-state index contributed by atoms with van der Waals surface area (Å²) in [6.07, 6.45) is 2.06. The number of nitrogens with two attached hydrogens (primary N) is 1. The van der Waals surface area contributed by atoms with E-state index in [2.05, 4.69) is 48.2 Å². The molecule has 1 aliphatic heterocycles. The van der Waals surface area contributed by atoms with Gasteiger partial charge in [0, 0.05) is 29.3 Å². The number of benzene rings is 2. The lowest BCUT2D eigenvalue weighted by Crippen LogP contribution is -2.47. The maximum Gasteiger partial charge on any atom is 0.0478 e. The summed E-state index contributed by atoms with van der Waals surface area (Å²) < 4.78 is 0. The molecular weight excluding hydrogens is 280 g/mol. The van der Waals surface area contributed by atoms with Crippen molar-refractivity contribution in [3.8, 4) is 0 Å². The van der Waals surface area contributed by atoms with Crippen LogP contribution in [0.15, 0.2) is 48.5 Å². The normalized spacial score (nSPS) is 16.6. The highest BCUT2D eigenvalue weighted by Crippen LogP contribution is 2.31. The first-order chi connectivity index (χ1) is 10.1. The van der Waals surface area contributed by atoms with Crippen LogP contribution >= 0.6 is 11.6 Å². The van der Waals surface area contributed by atoms with Gasteiger partial charge in [0.25, 0.3) is 0 Å². The van der Waals surface area contributed by atoms with Gasteiger partial charge in [0.2, 0.25) is 0 Å². The van der Waals surface area contributed by atoms with E-state index in [4.69, 9.17) is 17.3 Å². The smallest absolute Gasteiger partial charge is 0.0478 e. The SMILES string of the molecule is CC(N)C(Cc1ccc(Cl)cc1)N1CCc2ccccc21. The molecule has 2 nitrogen and oxygen atoms in total. The van der Waals surface area contributed by atoms with E-state index in [0.717, 1.165) is 24.4 Å².